The van der Waals surface area contributed by atoms with Crippen LogP contribution in [-0.4, -0.2) is 38.3 Å². The molecule has 1 saturated heterocycles. The van der Waals surface area contributed by atoms with E-state index < -0.39 is 5.91 Å². The number of nitrogens with zero attached hydrogens (tertiary/aromatic N) is 4. The van der Waals surface area contributed by atoms with Crippen molar-refractivity contribution in [1.29, 1.82) is 0 Å². The minimum atomic E-state index is -0.628. The van der Waals surface area contributed by atoms with Gasteiger partial charge < -0.3 is 10.6 Å². The second-order valence-electron chi connectivity index (χ2n) is 5.66. The monoisotopic (exact) mass is 317 g/mol. The van der Waals surface area contributed by atoms with Crippen LogP contribution in [0, 0.1) is 11.7 Å². The normalized spacial score (nSPS) is 17.7. The van der Waals surface area contributed by atoms with E-state index in [-0.39, 0.29) is 23.3 Å². The number of rotatable bonds is 5. The summed E-state index contributed by atoms with van der Waals surface area (Å²) in [5, 5.41) is 7.52. The Morgan fingerprint density at radius 1 is 1.35 bits per heavy atom. The Balaban J connectivity index is 1.60. The number of halogens is 1. The molecule has 1 aliphatic rings. The Bertz CT molecular complexity index is 728. The van der Waals surface area contributed by atoms with E-state index in [0.717, 1.165) is 5.56 Å². The average molecular weight is 317 g/mol. The predicted molar refractivity (Wildman–Crippen MR) is 78.5 cm³/mol. The van der Waals surface area contributed by atoms with Gasteiger partial charge in [0.25, 0.3) is 5.91 Å². The zero-order chi connectivity index (χ0) is 16.4. The summed E-state index contributed by atoms with van der Waals surface area (Å²) in [5.74, 6) is -0.785. The number of primary amides is 1. The summed E-state index contributed by atoms with van der Waals surface area (Å²) < 4.78 is 14.4. The fourth-order valence-corrected chi connectivity index (χ4v) is 2.70. The maximum Gasteiger partial charge on any atom is 0.270 e. The fourth-order valence-electron chi connectivity index (χ4n) is 2.70. The van der Waals surface area contributed by atoms with Crippen molar-refractivity contribution >= 4 is 11.8 Å². The molecule has 1 aromatic carbocycles. The molecule has 0 radical (unpaired) electrons. The lowest BCUT2D eigenvalue weighted by molar-refractivity contribution is -0.128. The van der Waals surface area contributed by atoms with Crippen molar-refractivity contribution in [2.75, 3.05) is 6.54 Å². The van der Waals surface area contributed by atoms with Gasteiger partial charge in [-0.2, -0.15) is 0 Å². The molecule has 23 heavy (non-hydrogen) atoms. The van der Waals surface area contributed by atoms with Crippen LogP contribution in [0.15, 0.2) is 30.5 Å². The van der Waals surface area contributed by atoms with Crippen LogP contribution >= 0.6 is 0 Å². The number of amides is 2. The fraction of sp³-hybridized carbons (Fsp3) is 0.333. The van der Waals surface area contributed by atoms with Gasteiger partial charge in [0.15, 0.2) is 5.69 Å². The topological polar surface area (TPSA) is 94.1 Å². The van der Waals surface area contributed by atoms with E-state index in [0.29, 0.717) is 26.1 Å². The Hall–Kier alpha value is -2.77. The van der Waals surface area contributed by atoms with Crippen molar-refractivity contribution in [2.24, 2.45) is 11.7 Å². The summed E-state index contributed by atoms with van der Waals surface area (Å²) >= 11 is 0. The van der Waals surface area contributed by atoms with Gasteiger partial charge in [-0.1, -0.05) is 17.3 Å². The molecule has 2 heterocycles. The van der Waals surface area contributed by atoms with Gasteiger partial charge in [0, 0.05) is 32.0 Å². The zero-order valence-corrected chi connectivity index (χ0v) is 12.4. The largest absolute Gasteiger partial charge is 0.364 e. The van der Waals surface area contributed by atoms with Gasteiger partial charge in [-0.05, 0) is 17.7 Å². The Morgan fingerprint density at radius 3 is 2.74 bits per heavy atom. The third-order valence-corrected chi connectivity index (χ3v) is 3.82. The molecule has 120 valence electrons. The number of likely N-dealkylation sites (tertiary alicyclic amines) is 1. The van der Waals surface area contributed by atoms with Crippen molar-refractivity contribution in [3.8, 4) is 0 Å². The minimum Gasteiger partial charge on any atom is -0.364 e. The summed E-state index contributed by atoms with van der Waals surface area (Å²) in [5.41, 5.74) is 6.13. The van der Waals surface area contributed by atoms with Gasteiger partial charge in [-0.15, -0.1) is 5.10 Å². The van der Waals surface area contributed by atoms with Crippen molar-refractivity contribution in [1.82, 2.24) is 19.9 Å². The van der Waals surface area contributed by atoms with Crippen LogP contribution in [0.5, 0.6) is 0 Å². The molecule has 2 N–H and O–H groups in total. The summed E-state index contributed by atoms with van der Waals surface area (Å²) in [4.78, 5) is 24.8. The smallest absolute Gasteiger partial charge is 0.270 e. The molecule has 2 aromatic rings. The molecule has 0 bridgehead atoms. The number of aromatic nitrogens is 3. The molecule has 1 aliphatic heterocycles. The van der Waals surface area contributed by atoms with E-state index in [1.165, 1.54) is 23.0 Å². The minimum absolute atomic E-state index is 0.0505. The number of hydrogen-bond donors (Lipinski definition) is 1. The van der Waals surface area contributed by atoms with Gasteiger partial charge in [0.1, 0.15) is 5.82 Å². The predicted octanol–water partition coefficient (Wildman–Crippen LogP) is 0.565. The summed E-state index contributed by atoms with van der Waals surface area (Å²) in [6.45, 7) is 1.54. The van der Waals surface area contributed by atoms with E-state index in [9.17, 15) is 14.0 Å². The number of benzene rings is 1. The molecular formula is C15H16FN5O2. The maximum atomic E-state index is 12.9. The van der Waals surface area contributed by atoms with E-state index in [1.54, 1.807) is 17.0 Å². The number of nitrogens with two attached hydrogens (primary N) is 1. The molecule has 3 rings (SSSR count). The molecule has 1 unspecified atom stereocenters. The lowest BCUT2D eigenvalue weighted by Crippen LogP contribution is -2.25. The first-order valence-electron chi connectivity index (χ1n) is 7.23. The van der Waals surface area contributed by atoms with Crippen LogP contribution in [0.25, 0.3) is 0 Å². The highest BCUT2D eigenvalue weighted by molar-refractivity contribution is 5.90. The second kappa shape index (κ2) is 6.15. The first-order chi connectivity index (χ1) is 11.0. The Morgan fingerprint density at radius 2 is 2.09 bits per heavy atom. The second-order valence-corrected chi connectivity index (χ2v) is 5.66. The molecule has 1 aromatic heterocycles. The van der Waals surface area contributed by atoms with Crippen molar-refractivity contribution in [2.45, 2.75) is 19.5 Å². The molecule has 8 heteroatoms. The van der Waals surface area contributed by atoms with E-state index in [4.69, 9.17) is 5.73 Å². The van der Waals surface area contributed by atoms with Gasteiger partial charge >= 0.3 is 0 Å². The van der Waals surface area contributed by atoms with E-state index in [2.05, 4.69) is 10.3 Å². The van der Waals surface area contributed by atoms with Crippen molar-refractivity contribution in [3.05, 3.63) is 47.5 Å². The molecular weight excluding hydrogens is 301 g/mol. The lowest BCUT2D eigenvalue weighted by atomic mass is 10.1. The number of carbonyl (C=O) groups excluding carboxylic acids is 2. The third-order valence-electron chi connectivity index (χ3n) is 3.82. The maximum absolute atomic E-state index is 12.9. The van der Waals surface area contributed by atoms with Gasteiger partial charge in [0.2, 0.25) is 5.91 Å². The molecule has 0 spiro atoms. The molecule has 1 fully saturated rings. The van der Waals surface area contributed by atoms with Crippen LogP contribution in [0.2, 0.25) is 0 Å². The molecule has 1 atom stereocenters. The van der Waals surface area contributed by atoms with Gasteiger partial charge in [0.05, 0.1) is 6.20 Å². The van der Waals surface area contributed by atoms with Crippen LogP contribution in [0.3, 0.4) is 0 Å². The Labute approximate surface area is 131 Å². The number of hydrogen-bond acceptors (Lipinski definition) is 4. The summed E-state index contributed by atoms with van der Waals surface area (Å²) in [7, 11) is 0. The standard InChI is InChI=1S/C15H16FN5O2/c16-12-3-1-10(2-4-12)6-20-7-11(5-14(20)22)8-21-9-13(15(17)23)18-19-21/h1-4,9,11H,5-8H2,(H2,17,23). The van der Waals surface area contributed by atoms with E-state index in [1.807, 2.05) is 0 Å². The van der Waals surface area contributed by atoms with E-state index >= 15 is 0 Å². The van der Waals surface area contributed by atoms with Crippen LogP contribution in [0.4, 0.5) is 4.39 Å². The molecule has 0 saturated carbocycles. The van der Waals surface area contributed by atoms with Gasteiger partial charge in [-0.3, -0.25) is 14.3 Å². The Kier molecular flexibility index (Phi) is 4.05. The van der Waals surface area contributed by atoms with Crippen LogP contribution in [-0.2, 0) is 17.9 Å². The molecule has 0 aliphatic carbocycles. The zero-order valence-electron chi connectivity index (χ0n) is 12.4. The third kappa shape index (κ3) is 3.53. The van der Waals surface area contributed by atoms with Crippen molar-refractivity contribution < 1.29 is 14.0 Å². The van der Waals surface area contributed by atoms with Crippen LogP contribution < -0.4 is 5.73 Å². The average Bonchev–Trinajstić information content (AvgIpc) is 3.09. The molecule has 2 amide bonds. The SMILES string of the molecule is NC(=O)c1cn(CC2CC(=O)N(Cc3ccc(F)cc3)C2)nn1. The van der Waals surface area contributed by atoms with Gasteiger partial charge in [-0.25, -0.2) is 4.39 Å². The summed E-state index contributed by atoms with van der Waals surface area (Å²) in [6, 6.07) is 6.11. The highest BCUT2D eigenvalue weighted by Crippen LogP contribution is 2.21. The first-order valence-corrected chi connectivity index (χ1v) is 7.23. The first kappa shape index (κ1) is 15.1. The lowest BCUT2D eigenvalue weighted by Gasteiger charge is -2.16. The van der Waals surface area contributed by atoms with Crippen molar-refractivity contribution in [3.63, 3.8) is 0 Å². The quantitative estimate of drug-likeness (QED) is 0.872. The summed E-state index contributed by atoms with van der Waals surface area (Å²) in [6.07, 6.45) is 1.89. The van der Waals surface area contributed by atoms with Crippen LogP contribution in [0.1, 0.15) is 22.5 Å². The molecule has 7 nitrogen and oxygen atoms in total. The highest BCUT2D eigenvalue weighted by Gasteiger charge is 2.30. The number of carbonyl (C=O) groups is 2. The highest BCUT2D eigenvalue weighted by atomic mass is 19.1.